The summed E-state index contributed by atoms with van der Waals surface area (Å²) in [5, 5.41) is 3.12. The molecule has 0 fully saturated rings. The van der Waals surface area contributed by atoms with Crippen molar-refractivity contribution in [3.05, 3.63) is 34.1 Å². The standard InChI is InChI=1S/C13H16BrF4N/c1-2-19-12(4-3-7-13(16,17)18)9-5-6-11(15)10(14)8-9/h5-6,8,12,19H,2-4,7H2,1H3. The van der Waals surface area contributed by atoms with Crippen LogP contribution in [0.15, 0.2) is 22.7 Å². The lowest BCUT2D eigenvalue weighted by Crippen LogP contribution is -2.21. The fraction of sp³-hybridized carbons (Fsp3) is 0.538. The molecule has 0 aliphatic rings. The van der Waals surface area contributed by atoms with E-state index in [9.17, 15) is 17.6 Å². The fourth-order valence-corrected chi connectivity index (χ4v) is 2.27. The van der Waals surface area contributed by atoms with Crippen LogP contribution in [0.1, 0.15) is 37.8 Å². The van der Waals surface area contributed by atoms with Gasteiger partial charge in [0.05, 0.1) is 4.47 Å². The first-order valence-electron chi connectivity index (χ1n) is 6.08. The Morgan fingerprint density at radius 3 is 2.53 bits per heavy atom. The van der Waals surface area contributed by atoms with Crippen molar-refractivity contribution in [2.24, 2.45) is 0 Å². The predicted octanol–water partition coefficient (Wildman–Crippen LogP) is 4.97. The van der Waals surface area contributed by atoms with Crippen molar-refractivity contribution in [2.45, 2.75) is 38.4 Å². The molecule has 19 heavy (non-hydrogen) atoms. The Morgan fingerprint density at radius 2 is 2.00 bits per heavy atom. The third-order valence-corrected chi connectivity index (χ3v) is 3.36. The molecule has 0 aliphatic heterocycles. The number of benzene rings is 1. The van der Waals surface area contributed by atoms with Gasteiger partial charge in [-0.05, 0) is 53.0 Å². The molecule has 0 bridgehead atoms. The van der Waals surface area contributed by atoms with E-state index in [4.69, 9.17) is 0 Å². The van der Waals surface area contributed by atoms with Crippen molar-refractivity contribution in [2.75, 3.05) is 6.54 Å². The summed E-state index contributed by atoms with van der Waals surface area (Å²) < 4.78 is 49.9. The first kappa shape index (κ1) is 16.4. The molecule has 0 aliphatic carbocycles. The summed E-state index contributed by atoms with van der Waals surface area (Å²) in [5.41, 5.74) is 0.789. The molecule has 1 atom stereocenters. The minimum absolute atomic E-state index is 0.0517. The molecule has 1 aromatic carbocycles. The fourth-order valence-electron chi connectivity index (χ4n) is 1.87. The Kier molecular flexibility index (Phi) is 6.26. The maximum atomic E-state index is 13.1. The van der Waals surface area contributed by atoms with E-state index in [1.807, 2.05) is 6.92 Å². The van der Waals surface area contributed by atoms with Gasteiger partial charge >= 0.3 is 6.18 Å². The van der Waals surface area contributed by atoms with Crippen LogP contribution in [0.2, 0.25) is 0 Å². The van der Waals surface area contributed by atoms with Gasteiger partial charge in [-0.25, -0.2) is 4.39 Å². The minimum atomic E-state index is -4.12. The summed E-state index contributed by atoms with van der Waals surface area (Å²) in [6.07, 6.45) is -4.50. The quantitative estimate of drug-likeness (QED) is 0.720. The normalized spacial score (nSPS) is 13.6. The zero-order chi connectivity index (χ0) is 14.5. The van der Waals surface area contributed by atoms with Gasteiger partial charge in [0, 0.05) is 12.5 Å². The van der Waals surface area contributed by atoms with Crippen LogP contribution in [0.4, 0.5) is 17.6 Å². The van der Waals surface area contributed by atoms with Crippen LogP contribution in [0, 0.1) is 5.82 Å². The Morgan fingerprint density at radius 1 is 1.32 bits per heavy atom. The molecule has 0 amide bonds. The van der Waals surface area contributed by atoms with Crippen LogP contribution >= 0.6 is 15.9 Å². The Labute approximate surface area is 118 Å². The van der Waals surface area contributed by atoms with Gasteiger partial charge in [0.15, 0.2) is 0 Å². The molecule has 0 saturated heterocycles. The van der Waals surface area contributed by atoms with Crippen molar-refractivity contribution in [3.8, 4) is 0 Å². The van der Waals surface area contributed by atoms with Gasteiger partial charge in [0.2, 0.25) is 0 Å². The van der Waals surface area contributed by atoms with Gasteiger partial charge in [-0.15, -0.1) is 0 Å². The highest BCUT2D eigenvalue weighted by Gasteiger charge is 2.26. The Hall–Kier alpha value is -0.620. The molecule has 1 N–H and O–H groups in total. The molecule has 1 aromatic rings. The lowest BCUT2D eigenvalue weighted by Gasteiger charge is -2.19. The van der Waals surface area contributed by atoms with E-state index in [0.717, 1.165) is 5.56 Å². The van der Waals surface area contributed by atoms with Crippen molar-refractivity contribution in [3.63, 3.8) is 0 Å². The van der Waals surface area contributed by atoms with Crippen molar-refractivity contribution in [1.82, 2.24) is 5.32 Å². The first-order valence-corrected chi connectivity index (χ1v) is 6.88. The number of rotatable bonds is 6. The molecule has 108 valence electrons. The lowest BCUT2D eigenvalue weighted by molar-refractivity contribution is -0.135. The number of halogens is 5. The molecule has 0 spiro atoms. The highest BCUT2D eigenvalue weighted by molar-refractivity contribution is 9.10. The van der Waals surface area contributed by atoms with Gasteiger partial charge in [0.1, 0.15) is 5.82 Å². The van der Waals surface area contributed by atoms with Crippen LogP contribution < -0.4 is 5.32 Å². The van der Waals surface area contributed by atoms with Crippen LogP contribution in [0.5, 0.6) is 0 Å². The van der Waals surface area contributed by atoms with Crippen LogP contribution in [0.25, 0.3) is 0 Å². The van der Waals surface area contributed by atoms with E-state index in [2.05, 4.69) is 21.2 Å². The lowest BCUT2D eigenvalue weighted by atomic mass is 10.0. The zero-order valence-corrected chi connectivity index (χ0v) is 12.1. The molecular formula is C13H16BrF4N. The van der Waals surface area contributed by atoms with Crippen molar-refractivity contribution < 1.29 is 17.6 Å². The summed E-state index contributed by atoms with van der Waals surface area (Å²) in [4.78, 5) is 0. The van der Waals surface area contributed by atoms with E-state index >= 15 is 0 Å². The summed E-state index contributed by atoms with van der Waals surface area (Å²) in [6, 6.07) is 4.33. The topological polar surface area (TPSA) is 12.0 Å². The van der Waals surface area contributed by atoms with Crippen molar-refractivity contribution in [1.29, 1.82) is 0 Å². The van der Waals surface area contributed by atoms with Crippen LogP contribution in [-0.4, -0.2) is 12.7 Å². The largest absolute Gasteiger partial charge is 0.389 e. The van der Waals surface area contributed by atoms with Crippen LogP contribution in [0.3, 0.4) is 0 Å². The van der Waals surface area contributed by atoms with Crippen molar-refractivity contribution >= 4 is 15.9 Å². The number of hydrogen-bond acceptors (Lipinski definition) is 1. The van der Waals surface area contributed by atoms with Gasteiger partial charge in [-0.1, -0.05) is 13.0 Å². The second-order valence-electron chi connectivity index (χ2n) is 4.29. The molecule has 1 unspecified atom stereocenters. The van der Waals surface area contributed by atoms with E-state index < -0.39 is 12.6 Å². The van der Waals surface area contributed by atoms with Gasteiger partial charge in [0.25, 0.3) is 0 Å². The molecule has 1 nitrogen and oxygen atoms in total. The molecular weight excluding hydrogens is 326 g/mol. The maximum Gasteiger partial charge on any atom is 0.389 e. The Balaban J connectivity index is 2.68. The monoisotopic (exact) mass is 341 g/mol. The molecule has 0 aromatic heterocycles. The van der Waals surface area contributed by atoms with E-state index in [0.29, 0.717) is 17.4 Å². The first-order chi connectivity index (χ1) is 8.83. The van der Waals surface area contributed by atoms with Gasteiger partial charge in [-0.3, -0.25) is 0 Å². The van der Waals surface area contributed by atoms with Gasteiger partial charge in [-0.2, -0.15) is 13.2 Å². The third-order valence-electron chi connectivity index (χ3n) is 2.75. The molecule has 0 heterocycles. The number of hydrogen-bond donors (Lipinski definition) is 1. The predicted molar refractivity (Wildman–Crippen MR) is 70.4 cm³/mol. The molecule has 0 saturated carbocycles. The summed E-state index contributed by atoms with van der Waals surface area (Å²) in [6.45, 7) is 2.53. The zero-order valence-electron chi connectivity index (χ0n) is 10.5. The SMILES string of the molecule is CCNC(CCCC(F)(F)F)c1ccc(F)c(Br)c1. The van der Waals surface area contributed by atoms with E-state index in [1.165, 1.54) is 6.07 Å². The Bertz CT molecular complexity index is 406. The third kappa shape index (κ3) is 5.91. The van der Waals surface area contributed by atoms with E-state index in [1.54, 1.807) is 12.1 Å². The average molecular weight is 342 g/mol. The summed E-state index contributed by atoms with van der Waals surface area (Å²) in [7, 11) is 0. The minimum Gasteiger partial charge on any atom is -0.310 e. The molecule has 6 heteroatoms. The summed E-state index contributed by atoms with van der Waals surface area (Å²) in [5.74, 6) is -0.380. The maximum absolute atomic E-state index is 13.1. The highest BCUT2D eigenvalue weighted by atomic mass is 79.9. The second kappa shape index (κ2) is 7.24. The highest BCUT2D eigenvalue weighted by Crippen LogP contribution is 2.28. The molecule has 0 radical (unpaired) electrons. The van der Waals surface area contributed by atoms with Crippen LogP contribution in [-0.2, 0) is 0 Å². The smallest absolute Gasteiger partial charge is 0.310 e. The molecule has 1 rings (SSSR count). The second-order valence-corrected chi connectivity index (χ2v) is 5.15. The van der Waals surface area contributed by atoms with E-state index in [-0.39, 0.29) is 18.3 Å². The number of nitrogens with one attached hydrogen (secondary N) is 1. The average Bonchev–Trinajstić information content (AvgIpc) is 2.30. The summed E-state index contributed by atoms with van der Waals surface area (Å²) >= 11 is 3.08. The van der Waals surface area contributed by atoms with Gasteiger partial charge < -0.3 is 5.32 Å². The number of alkyl halides is 3.